The van der Waals surface area contributed by atoms with Crippen LogP contribution >= 0.6 is 0 Å². The smallest absolute Gasteiger partial charge is 0.233 e. The van der Waals surface area contributed by atoms with Crippen LogP contribution < -0.4 is 4.72 Å². The third-order valence-electron chi connectivity index (χ3n) is 8.52. The molecule has 6 aromatic rings. The highest BCUT2D eigenvalue weighted by Crippen LogP contribution is 2.36. The molecular formula is C36H33N7O3S. The van der Waals surface area contributed by atoms with E-state index < -0.39 is 15.9 Å². The summed E-state index contributed by atoms with van der Waals surface area (Å²) < 4.78 is 27.6. The average molecular weight is 644 g/mol. The number of nitrogens with zero attached hydrogens (tertiary/aromatic N) is 5. The molecule has 4 aromatic carbocycles. The molecule has 0 bridgehead atoms. The number of aromatic amines is 1. The normalized spacial score (nSPS) is 13.7. The predicted molar refractivity (Wildman–Crippen MR) is 182 cm³/mol. The molecule has 2 N–H and O–H groups in total. The minimum Gasteiger partial charge on any atom is -0.323 e. The van der Waals surface area contributed by atoms with Gasteiger partial charge in [0.1, 0.15) is 5.82 Å². The maximum atomic E-state index is 12.5. The van der Waals surface area contributed by atoms with Gasteiger partial charge in [-0.05, 0) is 98.5 Å². The van der Waals surface area contributed by atoms with Crippen LogP contribution in [-0.4, -0.2) is 50.8 Å². The van der Waals surface area contributed by atoms with E-state index in [-0.39, 0.29) is 12.8 Å². The number of H-pyrrole nitrogens is 1. The van der Waals surface area contributed by atoms with Gasteiger partial charge in [0.15, 0.2) is 5.82 Å². The molecule has 0 saturated heterocycles. The maximum absolute atomic E-state index is 12.5. The van der Waals surface area contributed by atoms with Crippen LogP contribution in [0.2, 0.25) is 0 Å². The molecule has 2 heterocycles. The van der Waals surface area contributed by atoms with Crippen LogP contribution in [0.25, 0.3) is 33.8 Å². The van der Waals surface area contributed by atoms with E-state index in [1.165, 1.54) is 11.1 Å². The van der Waals surface area contributed by atoms with Gasteiger partial charge in [0, 0.05) is 19.4 Å². The topological polar surface area (TPSA) is 136 Å². The monoisotopic (exact) mass is 643 g/mol. The first kappa shape index (κ1) is 30.2. The lowest BCUT2D eigenvalue weighted by Gasteiger charge is -2.15. The van der Waals surface area contributed by atoms with Crippen molar-refractivity contribution in [1.29, 1.82) is 0 Å². The number of aryl methyl sites for hydroxylation is 4. The number of nitrogens with one attached hydrogen (secondary N) is 2. The zero-order valence-electron chi connectivity index (χ0n) is 26.1. The van der Waals surface area contributed by atoms with Gasteiger partial charge < -0.3 is 4.57 Å². The van der Waals surface area contributed by atoms with E-state index in [1.54, 1.807) is 0 Å². The lowest BCUT2D eigenvalue weighted by atomic mass is 9.92. The van der Waals surface area contributed by atoms with Crippen molar-refractivity contribution in [2.75, 3.05) is 6.26 Å². The summed E-state index contributed by atoms with van der Waals surface area (Å²) in [4.78, 5) is 17.5. The van der Waals surface area contributed by atoms with Crippen molar-refractivity contribution in [3.05, 3.63) is 130 Å². The Hall–Kier alpha value is -5.42. The molecule has 0 fully saturated rings. The summed E-state index contributed by atoms with van der Waals surface area (Å²) in [6.45, 7) is 2.58. The van der Waals surface area contributed by atoms with E-state index in [0.717, 1.165) is 74.9 Å². The van der Waals surface area contributed by atoms with E-state index in [9.17, 15) is 13.2 Å². The van der Waals surface area contributed by atoms with E-state index in [4.69, 9.17) is 4.98 Å². The lowest BCUT2D eigenvalue weighted by Crippen LogP contribution is -2.29. The molecule has 1 amide bonds. The SMILES string of the molecule is Cc1cc(-c2ccccc2)cc2c1nc(CCC(=O)NS(C)(=O)=O)n2Cc1ccc2c(c1)CCc1ccccc1C2=Cc1nnn[nH]1. The Morgan fingerprint density at radius 3 is 2.49 bits per heavy atom. The Morgan fingerprint density at radius 2 is 1.70 bits per heavy atom. The largest absolute Gasteiger partial charge is 0.323 e. The van der Waals surface area contributed by atoms with E-state index in [1.807, 2.05) is 31.2 Å². The summed E-state index contributed by atoms with van der Waals surface area (Å²) in [5.74, 6) is 0.752. The van der Waals surface area contributed by atoms with Gasteiger partial charge in [-0.3, -0.25) is 9.52 Å². The Morgan fingerprint density at radius 1 is 0.936 bits per heavy atom. The number of hydrogen-bond acceptors (Lipinski definition) is 7. The molecule has 0 saturated carbocycles. The highest BCUT2D eigenvalue weighted by Gasteiger charge is 2.21. The first-order valence-corrected chi connectivity index (χ1v) is 17.3. The Bertz CT molecular complexity index is 2260. The molecule has 0 radical (unpaired) electrons. The second-order valence-electron chi connectivity index (χ2n) is 11.9. The highest BCUT2D eigenvalue weighted by atomic mass is 32.2. The molecule has 0 aliphatic heterocycles. The molecule has 2 aromatic heterocycles. The lowest BCUT2D eigenvalue weighted by molar-refractivity contribution is -0.119. The van der Waals surface area contributed by atoms with Gasteiger partial charge in [-0.15, -0.1) is 5.10 Å². The number of hydrogen-bond donors (Lipinski definition) is 2. The van der Waals surface area contributed by atoms with Crippen molar-refractivity contribution in [3.63, 3.8) is 0 Å². The molecule has 1 aliphatic carbocycles. The molecule has 11 heteroatoms. The van der Waals surface area contributed by atoms with Gasteiger partial charge in [-0.25, -0.2) is 18.5 Å². The number of imidazole rings is 1. The molecule has 0 unspecified atom stereocenters. The predicted octanol–water partition coefficient (Wildman–Crippen LogP) is 5.27. The summed E-state index contributed by atoms with van der Waals surface area (Å²) in [5, 5.41) is 14.5. The van der Waals surface area contributed by atoms with E-state index in [2.05, 4.69) is 96.6 Å². The molecule has 7 rings (SSSR count). The third kappa shape index (κ3) is 6.48. The van der Waals surface area contributed by atoms with E-state index in [0.29, 0.717) is 12.4 Å². The summed E-state index contributed by atoms with van der Waals surface area (Å²) in [6, 6.07) is 29.5. The number of benzene rings is 4. The van der Waals surface area contributed by atoms with Crippen molar-refractivity contribution in [2.45, 2.75) is 39.2 Å². The summed E-state index contributed by atoms with van der Waals surface area (Å²) in [7, 11) is -3.65. The number of amides is 1. The van der Waals surface area contributed by atoms with Crippen molar-refractivity contribution in [1.82, 2.24) is 34.9 Å². The fraction of sp³-hybridized carbons (Fsp3) is 0.194. The van der Waals surface area contributed by atoms with Gasteiger partial charge in [-0.1, -0.05) is 72.8 Å². The van der Waals surface area contributed by atoms with Crippen molar-refractivity contribution < 1.29 is 13.2 Å². The average Bonchev–Trinajstić information content (AvgIpc) is 3.66. The maximum Gasteiger partial charge on any atom is 0.233 e. The molecule has 0 spiro atoms. The zero-order valence-corrected chi connectivity index (χ0v) is 26.9. The molecule has 236 valence electrons. The number of carbonyl (C=O) groups excluding carboxylic acids is 1. The first-order valence-electron chi connectivity index (χ1n) is 15.4. The van der Waals surface area contributed by atoms with E-state index >= 15 is 0 Å². The van der Waals surface area contributed by atoms with Gasteiger partial charge in [0.2, 0.25) is 15.9 Å². The number of sulfonamides is 1. The van der Waals surface area contributed by atoms with Crippen LogP contribution in [0.15, 0.2) is 84.9 Å². The van der Waals surface area contributed by atoms with Crippen LogP contribution in [0.1, 0.15) is 51.5 Å². The fourth-order valence-electron chi connectivity index (χ4n) is 6.42. The quantitative estimate of drug-likeness (QED) is 0.231. The molecule has 47 heavy (non-hydrogen) atoms. The Labute approximate surface area is 272 Å². The number of rotatable bonds is 8. The van der Waals surface area contributed by atoms with Crippen molar-refractivity contribution in [3.8, 4) is 11.1 Å². The molecule has 1 aliphatic rings. The summed E-state index contributed by atoms with van der Waals surface area (Å²) >= 11 is 0. The van der Waals surface area contributed by atoms with Crippen molar-refractivity contribution >= 4 is 38.6 Å². The third-order valence-corrected chi connectivity index (χ3v) is 9.12. The summed E-state index contributed by atoms with van der Waals surface area (Å²) in [5.41, 5.74) is 12.0. The summed E-state index contributed by atoms with van der Waals surface area (Å²) in [6.07, 6.45) is 5.02. The van der Waals surface area contributed by atoms with Crippen molar-refractivity contribution in [2.24, 2.45) is 0 Å². The van der Waals surface area contributed by atoms with Crippen LogP contribution in [-0.2, 0) is 40.6 Å². The van der Waals surface area contributed by atoms with Gasteiger partial charge in [-0.2, -0.15) is 0 Å². The first-order chi connectivity index (χ1) is 22.7. The van der Waals surface area contributed by atoms with Gasteiger partial charge >= 0.3 is 0 Å². The van der Waals surface area contributed by atoms with Crippen LogP contribution in [0, 0.1) is 6.92 Å². The standard InChI is InChI=1S/C36H33N7O3S/c1-23-18-28(25-8-4-3-5-9-25)20-32-36(23)37-34(16-17-35(44)40-47(2,45)46)43(32)22-24-12-15-30-27(19-24)14-13-26-10-6-7-11-29(26)31(30)21-33-38-41-42-39-33/h3-12,15,18-21H,13-14,16-17,22H2,1-2H3,(H,40,44)(H,38,39,41,42). The number of aromatic nitrogens is 6. The Kier molecular flexibility index (Phi) is 7.98. The second kappa shape index (κ2) is 12.4. The second-order valence-corrected chi connectivity index (χ2v) is 13.7. The molecule has 10 nitrogen and oxygen atoms in total. The highest BCUT2D eigenvalue weighted by molar-refractivity contribution is 7.89. The van der Waals surface area contributed by atoms with Gasteiger partial charge in [0.05, 0.1) is 17.3 Å². The number of carbonyl (C=O) groups is 1. The number of tetrazole rings is 1. The Balaban J connectivity index is 1.30. The minimum atomic E-state index is -3.65. The van der Waals surface area contributed by atoms with Crippen LogP contribution in [0.5, 0.6) is 0 Å². The zero-order chi connectivity index (χ0) is 32.5. The number of fused-ring (bicyclic) bond motifs is 3. The molecular weight excluding hydrogens is 611 g/mol. The fourth-order valence-corrected chi connectivity index (χ4v) is 6.94. The minimum absolute atomic E-state index is 0.00588. The van der Waals surface area contributed by atoms with Crippen LogP contribution in [0.3, 0.4) is 0 Å². The molecule has 0 atom stereocenters. The van der Waals surface area contributed by atoms with Gasteiger partial charge in [0.25, 0.3) is 0 Å². The van der Waals surface area contributed by atoms with Crippen LogP contribution in [0.4, 0.5) is 0 Å².